The number of aromatic nitrogens is 2. The normalized spacial score (nSPS) is 11.2. The van der Waals surface area contributed by atoms with Crippen LogP contribution in [-0.4, -0.2) is 9.13 Å². The van der Waals surface area contributed by atoms with Gasteiger partial charge in [-0.15, -0.1) is 0 Å². The van der Waals surface area contributed by atoms with Gasteiger partial charge in [0.2, 0.25) is 0 Å². The maximum Gasteiger partial charge on any atom is 0.328 e. The quantitative estimate of drug-likeness (QED) is 0.840. The number of benzene rings is 1. The lowest BCUT2D eigenvalue weighted by molar-refractivity contribution is 0.553. The summed E-state index contributed by atoms with van der Waals surface area (Å²) in [4.78, 5) is 12.0. The fourth-order valence-electron chi connectivity index (χ4n) is 1.80. The summed E-state index contributed by atoms with van der Waals surface area (Å²) in [6, 6.07) is 4.87. The molecule has 1 aromatic heterocycles. The van der Waals surface area contributed by atoms with Crippen molar-refractivity contribution in [2.24, 2.45) is 0 Å². The molecule has 2 rings (SSSR count). The van der Waals surface area contributed by atoms with Gasteiger partial charge < -0.3 is 0 Å². The summed E-state index contributed by atoms with van der Waals surface area (Å²) in [5.41, 5.74) is 0.260. The van der Waals surface area contributed by atoms with Crippen molar-refractivity contribution in [3.05, 3.63) is 57.5 Å². The average molecular weight is 269 g/mol. The Morgan fingerprint density at radius 2 is 2.06 bits per heavy atom. The van der Waals surface area contributed by atoms with E-state index in [1.807, 2.05) is 13.8 Å². The van der Waals surface area contributed by atoms with E-state index < -0.39 is 5.82 Å². The van der Waals surface area contributed by atoms with E-state index in [0.717, 1.165) is 0 Å². The Morgan fingerprint density at radius 1 is 1.33 bits per heavy atom. The molecule has 2 aromatic rings. The molecule has 3 nitrogen and oxygen atoms in total. The van der Waals surface area contributed by atoms with Gasteiger partial charge in [0.1, 0.15) is 5.82 Å². The summed E-state index contributed by atoms with van der Waals surface area (Å²) in [6.07, 6.45) is 3.36. The SMILES string of the molecule is CC(C)n1ccn(Cc2cccc(Cl)c2F)c1=O. The minimum absolute atomic E-state index is 0.0730. The van der Waals surface area contributed by atoms with Crippen molar-refractivity contribution >= 4 is 11.6 Å². The highest BCUT2D eigenvalue weighted by Crippen LogP contribution is 2.18. The molecule has 0 fully saturated rings. The van der Waals surface area contributed by atoms with Crippen LogP contribution in [0.5, 0.6) is 0 Å². The van der Waals surface area contributed by atoms with Crippen LogP contribution in [0.4, 0.5) is 4.39 Å². The van der Waals surface area contributed by atoms with E-state index in [0.29, 0.717) is 5.56 Å². The van der Waals surface area contributed by atoms with Crippen molar-refractivity contribution in [2.45, 2.75) is 26.4 Å². The second-order valence-corrected chi connectivity index (χ2v) is 4.83. The molecule has 0 amide bonds. The van der Waals surface area contributed by atoms with Gasteiger partial charge in [-0.2, -0.15) is 0 Å². The van der Waals surface area contributed by atoms with Gasteiger partial charge in [0, 0.05) is 24.0 Å². The zero-order valence-corrected chi connectivity index (χ0v) is 11.0. The Kier molecular flexibility index (Phi) is 3.57. The molecular weight excluding hydrogens is 255 g/mol. The first kappa shape index (κ1) is 12.9. The Morgan fingerprint density at radius 3 is 2.67 bits per heavy atom. The monoisotopic (exact) mass is 268 g/mol. The molecule has 0 saturated carbocycles. The van der Waals surface area contributed by atoms with E-state index in [9.17, 15) is 9.18 Å². The first-order valence-electron chi connectivity index (χ1n) is 5.71. The molecule has 0 bridgehead atoms. The molecule has 18 heavy (non-hydrogen) atoms. The largest absolute Gasteiger partial charge is 0.328 e. The molecule has 0 saturated heterocycles. The van der Waals surface area contributed by atoms with Crippen molar-refractivity contribution < 1.29 is 4.39 Å². The highest BCUT2D eigenvalue weighted by atomic mass is 35.5. The Labute approximate surface area is 109 Å². The molecule has 0 spiro atoms. The minimum Gasteiger partial charge on any atom is -0.297 e. The molecule has 1 aromatic carbocycles. The highest BCUT2D eigenvalue weighted by Gasteiger charge is 2.10. The molecular formula is C13H14ClFN2O. The lowest BCUT2D eigenvalue weighted by atomic mass is 10.2. The van der Waals surface area contributed by atoms with E-state index in [-0.39, 0.29) is 23.3 Å². The predicted octanol–water partition coefficient (Wildman–Crippen LogP) is 3.07. The van der Waals surface area contributed by atoms with Crippen LogP contribution in [0.15, 0.2) is 35.4 Å². The first-order valence-corrected chi connectivity index (χ1v) is 6.08. The van der Waals surface area contributed by atoms with Crippen LogP contribution in [0, 0.1) is 5.82 Å². The van der Waals surface area contributed by atoms with Gasteiger partial charge in [-0.05, 0) is 19.9 Å². The first-order chi connectivity index (χ1) is 8.50. The topological polar surface area (TPSA) is 26.9 Å². The van der Waals surface area contributed by atoms with Gasteiger partial charge in [-0.25, -0.2) is 9.18 Å². The molecule has 0 aliphatic carbocycles. The molecule has 0 aliphatic rings. The smallest absolute Gasteiger partial charge is 0.297 e. The van der Waals surface area contributed by atoms with Crippen LogP contribution in [0.25, 0.3) is 0 Å². The number of rotatable bonds is 3. The van der Waals surface area contributed by atoms with Crippen LogP contribution >= 0.6 is 11.6 Å². The van der Waals surface area contributed by atoms with Gasteiger partial charge in [0.25, 0.3) is 0 Å². The molecule has 0 aliphatic heterocycles. The molecule has 5 heteroatoms. The summed E-state index contributed by atoms with van der Waals surface area (Å²) < 4.78 is 16.8. The van der Waals surface area contributed by atoms with E-state index in [4.69, 9.17) is 11.6 Å². The Bertz CT molecular complexity index is 616. The van der Waals surface area contributed by atoms with Crippen LogP contribution in [-0.2, 0) is 6.54 Å². The summed E-state index contributed by atoms with van der Waals surface area (Å²) >= 11 is 5.71. The zero-order chi connectivity index (χ0) is 13.3. The third kappa shape index (κ3) is 2.34. The lowest BCUT2D eigenvalue weighted by Crippen LogP contribution is -2.25. The number of imidazole rings is 1. The fraction of sp³-hybridized carbons (Fsp3) is 0.308. The predicted molar refractivity (Wildman–Crippen MR) is 69.6 cm³/mol. The van der Waals surface area contributed by atoms with Crippen molar-refractivity contribution in [1.82, 2.24) is 9.13 Å². The standard InChI is InChI=1S/C13H14ClFN2O/c1-9(2)17-7-6-16(13(17)18)8-10-4-3-5-11(14)12(10)15/h3-7,9H,8H2,1-2H3. The fourth-order valence-corrected chi connectivity index (χ4v) is 1.99. The summed E-state index contributed by atoms with van der Waals surface area (Å²) in [5.74, 6) is -0.469. The van der Waals surface area contributed by atoms with Gasteiger partial charge in [-0.1, -0.05) is 23.7 Å². The third-order valence-electron chi connectivity index (χ3n) is 2.80. The maximum atomic E-state index is 13.7. The number of halogens is 2. The molecule has 0 radical (unpaired) electrons. The van der Waals surface area contributed by atoms with Crippen LogP contribution in [0.2, 0.25) is 5.02 Å². The van der Waals surface area contributed by atoms with E-state index in [1.54, 1.807) is 29.1 Å². The second-order valence-electron chi connectivity index (χ2n) is 4.42. The van der Waals surface area contributed by atoms with Gasteiger partial charge >= 0.3 is 5.69 Å². The van der Waals surface area contributed by atoms with Gasteiger partial charge in [0.05, 0.1) is 11.6 Å². The van der Waals surface area contributed by atoms with Gasteiger partial charge in [-0.3, -0.25) is 9.13 Å². The number of hydrogen-bond donors (Lipinski definition) is 0. The molecule has 96 valence electrons. The lowest BCUT2D eigenvalue weighted by Gasteiger charge is -2.06. The molecule has 0 unspecified atom stereocenters. The summed E-state index contributed by atoms with van der Waals surface area (Å²) in [7, 11) is 0. The summed E-state index contributed by atoms with van der Waals surface area (Å²) in [6.45, 7) is 4.03. The molecule has 0 atom stereocenters. The summed E-state index contributed by atoms with van der Waals surface area (Å²) in [5, 5.41) is 0.0730. The van der Waals surface area contributed by atoms with E-state index in [1.165, 1.54) is 10.6 Å². The van der Waals surface area contributed by atoms with Crippen LogP contribution in [0.3, 0.4) is 0 Å². The van der Waals surface area contributed by atoms with Crippen molar-refractivity contribution in [3.8, 4) is 0 Å². The Balaban J connectivity index is 2.35. The molecule has 1 heterocycles. The number of nitrogens with zero attached hydrogens (tertiary/aromatic N) is 2. The zero-order valence-electron chi connectivity index (χ0n) is 10.2. The van der Waals surface area contributed by atoms with E-state index >= 15 is 0 Å². The van der Waals surface area contributed by atoms with Crippen molar-refractivity contribution in [1.29, 1.82) is 0 Å². The van der Waals surface area contributed by atoms with Crippen molar-refractivity contribution in [3.63, 3.8) is 0 Å². The Hall–Kier alpha value is -1.55. The van der Waals surface area contributed by atoms with E-state index in [2.05, 4.69) is 0 Å². The van der Waals surface area contributed by atoms with Crippen LogP contribution in [0.1, 0.15) is 25.5 Å². The maximum absolute atomic E-state index is 13.7. The number of hydrogen-bond acceptors (Lipinski definition) is 1. The van der Waals surface area contributed by atoms with Gasteiger partial charge in [0.15, 0.2) is 0 Å². The average Bonchev–Trinajstić information content (AvgIpc) is 2.67. The third-order valence-corrected chi connectivity index (χ3v) is 3.09. The minimum atomic E-state index is -0.469. The van der Waals surface area contributed by atoms with Crippen LogP contribution < -0.4 is 5.69 Å². The van der Waals surface area contributed by atoms with Crippen molar-refractivity contribution in [2.75, 3.05) is 0 Å². The molecule has 0 N–H and O–H groups in total. The highest BCUT2D eigenvalue weighted by molar-refractivity contribution is 6.30. The second kappa shape index (κ2) is 4.98.